The number of carbonyl (C=O) groups is 1. The highest BCUT2D eigenvalue weighted by molar-refractivity contribution is 6.33. The second-order valence-electron chi connectivity index (χ2n) is 6.26. The van der Waals surface area contributed by atoms with Gasteiger partial charge in [0.2, 0.25) is 0 Å². The maximum absolute atomic E-state index is 13.2. The molecule has 0 spiro atoms. The zero-order chi connectivity index (χ0) is 21.3. The van der Waals surface area contributed by atoms with Crippen molar-refractivity contribution in [3.63, 3.8) is 0 Å². The molecule has 0 radical (unpaired) electrons. The van der Waals surface area contributed by atoms with Crippen LogP contribution in [0.4, 0.5) is 13.2 Å². The van der Waals surface area contributed by atoms with Gasteiger partial charge in [-0.3, -0.25) is 0 Å². The third-order valence-electron chi connectivity index (χ3n) is 4.43. The summed E-state index contributed by atoms with van der Waals surface area (Å²) < 4.78 is 49.8. The fourth-order valence-corrected chi connectivity index (χ4v) is 3.33. The van der Waals surface area contributed by atoms with E-state index in [0.717, 1.165) is 12.1 Å². The number of benzene rings is 2. The third-order valence-corrected chi connectivity index (χ3v) is 4.73. The Kier molecular flexibility index (Phi) is 5.71. The van der Waals surface area contributed by atoms with Gasteiger partial charge in [-0.2, -0.15) is 13.2 Å². The summed E-state index contributed by atoms with van der Waals surface area (Å²) >= 11 is 6.25. The standard InChI is InChI=1S/C21H17ClF3NO3/c1-4-29-17-10-16-14(9-15(17)22)18(20(27)28-3)11(2)19(26-16)12-6-5-7-13(8-12)21(23,24)25/h5-10H,4H2,1-3H3. The first-order valence-corrected chi connectivity index (χ1v) is 9.07. The molecule has 0 amide bonds. The lowest BCUT2D eigenvalue weighted by molar-refractivity contribution is -0.137. The Morgan fingerprint density at radius 2 is 1.93 bits per heavy atom. The van der Waals surface area contributed by atoms with Gasteiger partial charge >= 0.3 is 12.1 Å². The molecule has 0 saturated carbocycles. The smallest absolute Gasteiger partial charge is 0.416 e. The van der Waals surface area contributed by atoms with Crippen LogP contribution in [0.2, 0.25) is 5.02 Å². The highest BCUT2D eigenvalue weighted by Crippen LogP contribution is 2.37. The van der Waals surface area contributed by atoms with Gasteiger partial charge in [0.05, 0.1) is 41.1 Å². The highest BCUT2D eigenvalue weighted by atomic mass is 35.5. The molecular formula is C21H17ClF3NO3. The number of carbonyl (C=O) groups excluding carboxylic acids is 1. The molecule has 29 heavy (non-hydrogen) atoms. The number of aromatic nitrogens is 1. The molecule has 3 aromatic rings. The van der Waals surface area contributed by atoms with Crippen LogP contribution < -0.4 is 4.74 Å². The molecule has 8 heteroatoms. The number of hydrogen-bond donors (Lipinski definition) is 0. The van der Waals surface area contributed by atoms with E-state index in [2.05, 4.69) is 4.98 Å². The largest absolute Gasteiger partial charge is 0.492 e. The average molecular weight is 424 g/mol. The Hall–Kier alpha value is -2.80. The summed E-state index contributed by atoms with van der Waals surface area (Å²) in [7, 11) is 1.23. The van der Waals surface area contributed by atoms with Crippen molar-refractivity contribution in [1.82, 2.24) is 4.98 Å². The topological polar surface area (TPSA) is 48.4 Å². The van der Waals surface area contributed by atoms with Gasteiger partial charge in [-0.25, -0.2) is 9.78 Å². The summed E-state index contributed by atoms with van der Waals surface area (Å²) in [6, 6.07) is 7.90. The average Bonchev–Trinajstić information content (AvgIpc) is 2.67. The van der Waals surface area contributed by atoms with Gasteiger partial charge in [-0.15, -0.1) is 0 Å². The van der Waals surface area contributed by atoms with Gasteiger partial charge in [0.15, 0.2) is 0 Å². The maximum atomic E-state index is 13.2. The molecule has 0 saturated heterocycles. The predicted molar refractivity (Wildman–Crippen MR) is 104 cm³/mol. The van der Waals surface area contributed by atoms with Crippen LogP contribution in [0.5, 0.6) is 5.75 Å². The van der Waals surface area contributed by atoms with E-state index in [-0.39, 0.29) is 21.8 Å². The van der Waals surface area contributed by atoms with Gasteiger partial charge in [0, 0.05) is 17.0 Å². The number of methoxy groups -OCH3 is 1. The van der Waals surface area contributed by atoms with Gasteiger partial charge in [0.1, 0.15) is 5.75 Å². The second-order valence-corrected chi connectivity index (χ2v) is 6.67. The molecule has 0 atom stereocenters. The van der Waals surface area contributed by atoms with Crippen LogP contribution in [-0.2, 0) is 10.9 Å². The second kappa shape index (κ2) is 7.91. The van der Waals surface area contributed by atoms with Crippen LogP contribution >= 0.6 is 11.6 Å². The van der Waals surface area contributed by atoms with Gasteiger partial charge in [0.25, 0.3) is 0 Å². The Balaban J connectivity index is 2.34. The van der Waals surface area contributed by atoms with E-state index in [4.69, 9.17) is 21.1 Å². The molecule has 0 fully saturated rings. The SMILES string of the molecule is CCOc1cc2nc(-c3cccc(C(F)(F)F)c3)c(C)c(C(=O)OC)c2cc1Cl. The summed E-state index contributed by atoms with van der Waals surface area (Å²) in [5.74, 6) is -0.271. The molecule has 2 aromatic carbocycles. The molecule has 1 heterocycles. The van der Waals surface area contributed by atoms with E-state index < -0.39 is 17.7 Å². The number of nitrogens with zero attached hydrogens (tertiary/aromatic N) is 1. The zero-order valence-electron chi connectivity index (χ0n) is 15.9. The van der Waals surface area contributed by atoms with Crippen LogP contribution in [-0.4, -0.2) is 24.7 Å². The normalized spacial score (nSPS) is 11.6. The number of pyridine rings is 1. The summed E-state index contributed by atoms with van der Waals surface area (Å²) in [5, 5.41) is 0.719. The lowest BCUT2D eigenvalue weighted by Gasteiger charge is -2.16. The molecule has 0 aliphatic heterocycles. The van der Waals surface area contributed by atoms with Crippen molar-refractivity contribution < 1.29 is 27.4 Å². The van der Waals surface area contributed by atoms with Crippen LogP contribution in [0.15, 0.2) is 36.4 Å². The van der Waals surface area contributed by atoms with Crippen molar-refractivity contribution in [2.75, 3.05) is 13.7 Å². The van der Waals surface area contributed by atoms with Gasteiger partial charge in [-0.1, -0.05) is 23.7 Å². The molecule has 0 N–H and O–H groups in total. The number of esters is 1. The van der Waals surface area contributed by atoms with Crippen molar-refractivity contribution in [2.24, 2.45) is 0 Å². The molecule has 4 nitrogen and oxygen atoms in total. The lowest BCUT2D eigenvalue weighted by atomic mass is 9.96. The minimum Gasteiger partial charge on any atom is -0.492 e. The van der Waals surface area contributed by atoms with Crippen LogP contribution in [0.3, 0.4) is 0 Å². The van der Waals surface area contributed by atoms with Gasteiger partial charge in [-0.05, 0) is 37.6 Å². The molecule has 0 unspecified atom stereocenters. The zero-order valence-corrected chi connectivity index (χ0v) is 16.6. The van der Waals surface area contributed by atoms with E-state index in [0.29, 0.717) is 28.8 Å². The first-order chi connectivity index (χ1) is 13.7. The number of rotatable bonds is 4. The summed E-state index contributed by atoms with van der Waals surface area (Å²) in [4.78, 5) is 17.0. The van der Waals surface area contributed by atoms with Gasteiger partial charge < -0.3 is 9.47 Å². The van der Waals surface area contributed by atoms with Crippen molar-refractivity contribution in [3.05, 3.63) is 58.1 Å². The molecular weight excluding hydrogens is 407 g/mol. The summed E-state index contributed by atoms with van der Waals surface area (Å²) in [5.41, 5.74) is 0.614. The van der Waals surface area contributed by atoms with Crippen molar-refractivity contribution in [3.8, 4) is 17.0 Å². The van der Waals surface area contributed by atoms with E-state index in [1.165, 1.54) is 19.2 Å². The molecule has 1 aromatic heterocycles. The summed E-state index contributed by atoms with van der Waals surface area (Å²) in [6.07, 6.45) is -4.50. The highest BCUT2D eigenvalue weighted by Gasteiger charge is 2.31. The predicted octanol–water partition coefficient (Wildman–Crippen LogP) is 6.07. The number of hydrogen-bond acceptors (Lipinski definition) is 4. The fourth-order valence-electron chi connectivity index (χ4n) is 3.12. The number of halogens is 4. The Morgan fingerprint density at radius 1 is 1.21 bits per heavy atom. The summed E-state index contributed by atoms with van der Waals surface area (Å²) in [6.45, 7) is 3.76. The van der Waals surface area contributed by atoms with E-state index >= 15 is 0 Å². The Morgan fingerprint density at radius 3 is 2.55 bits per heavy atom. The lowest BCUT2D eigenvalue weighted by Crippen LogP contribution is -2.09. The van der Waals surface area contributed by atoms with Crippen molar-refractivity contribution in [1.29, 1.82) is 0 Å². The molecule has 3 rings (SSSR count). The fraction of sp³-hybridized carbons (Fsp3) is 0.238. The quantitative estimate of drug-likeness (QED) is 0.478. The number of ether oxygens (including phenoxy) is 2. The first-order valence-electron chi connectivity index (χ1n) is 8.70. The maximum Gasteiger partial charge on any atom is 0.416 e. The first kappa shape index (κ1) is 20.9. The number of fused-ring (bicyclic) bond motifs is 1. The third kappa shape index (κ3) is 4.00. The van der Waals surface area contributed by atoms with Crippen LogP contribution in [0.1, 0.15) is 28.4 Å². The van der Waals surface area contributed by atoms with Crippen LogP contribution in [0, 0.1) is 6.92 Å². The monoisotopic (exact) mass is 423 g/mol. The Labute approximate surface area is 170 Å². The molecule has 152 valence electrons. The van der Waals surface area contributed by atoms with E-state index in [1.807, 2.05) is 0 Å². The molecule has 0 aliphatic carbocycles. The van der Waals surface area contributed by atoms with Crippen LogP contribution in [0.25, 0.3) is 22.2 Å². The number of alkyl halides is 3. The molecule has 0 bridgehead atoms. The van der Waals surface area contributed by atoms with Crippen molar-refractivity contribution >= 4 is 28.5 Å². The van der Waals surface area contributed by atoms with E-state index in [1.54, 1.807) is 26.0 Å². The molecule has 0 aliphatic rings. The minimum absolute atomic E-state index is 0.190. The van der Waals surface area contributed by atoms with E-state index in [9.17, 15) is 18.0 Å². The minimum atomic E-state index is -4.50. The Bertz CT molecular complexity index is 1100. The van der Waals surface area contributed by atoms with Crippen molar-refractivity contribution in [2.45, 2.75) is 20.0 Å².